The Balaban J connectivity index is 0.000000525. The van der Waals surface area contributed by atoms with Crippen LogP contribution >= 0.6 is 0 Å². The average Bonchev–Trinajstić information content (AvgIpc) is 2.95. The van der Waals surface area contributed by atoms with Gasteiger partial charge in [0.2, 0.25) is 16.0 Å². The molecule has 0 spiro atoms. The third kappa shape index (κ3) is 10.4. The normalized spacial score (nSPS) is 18.7. The van der Waals surface area contributed by atoms with Gasteiger partial charge in [0, 0.05) is 30.6 Å². The minimum absolute atomic E-state index is 0.00245. The molecule has 0 radical (unpaired) electrons. The number of halogens is 1. The maximum Gasteiger partial charge on any atom is 0.305 e. The van der Waals surface area contributed by atoms with Crippen molar-refractivity contribution < 1.29 is 32.2 Å². The largest absolute Gasteiger partial charge is 0.481 e. The Labute approximate surface area is 265 Å². The van der Waals surface area contributed by atoms with Gasteiger partial charge in [0.25, 0.3) is 0 Å². The summed E-state index contributed by atoms with van der Waals surface area (Å²) in [5.74, 6) is -2.45. The fourth-order valence-corrected chi connectivity index (χ4v) is 5.12. The Bertz CT molecular complexity index is 1580. The van der Waals surface area contributed by atoms with Crippen LogP contribution in [0.3, 0.4) is 0 Å². The summed E-state index contributed by atoms with van der Waals surface area (Å²) in [5, 5.41) is 9.21. The van der Waals surface area contributed by atoms with Crippen molar-refractivity contribution in [2.24, 2.45) is 5.73 Å². The van der Waals surface area contributed by atoms with E-state index in [-0.39, 0.29) is 24.3 Å². The zero-order valence-corrected chi connectivity index (χ0v) is 27.6. The van der Waals surface area contributed by atoms with Crippen molar-refractivity contribution in [1.29, 1.82) is 0 Å². The molecule has 45 heavy (non-hydrogen) atoms. The van der Waals surface area contributed by atoms with Crippen molar-refractivity contribution in [3.05, 3.63) is 83.3 Å². The molecule has 3 N–H and O–H groups in total. The number of nitrogens with zero attached hydrogens (tertiary/aromatic N) is 3. The van der Waals surface area contributed by atoms with Crippen LogP contribution in [-0.2, 0) is 24.3 Å². The van der Waals surface area contributed by atoms with Crippen molar-refractivity contribution in [2.75, 3.05) is 17.6 Å². The number of carboxylic acid groups (broad SMARTS) is 1. The number of hydrogen-bond acceptors (Lipinski definition) is 8. The topological polar surface area (TPSA) is 145 Å². The fourth-order valence-electron chi connectivity index (χ4n) is 4.74. The standard InChI is InChI=1S/C25H32FN3O6S.C8H11N/c1-15(2)22-20(12-11-18-13-19(14-21(30)31)35-25(3,4)34-18)23(16-7-9-17(26)10-8-16)28-24(27-22)29(5)36(6,32)33;1-7(9)8-5-3-2-4-6-8/h7-12,15,18-19H,13-14H2,1-6H3,(H,30,31);2-7H,9H2,1H3/b12-11+;/t18-,19-;7-/m10/s1. The molecule has 0 unspecified atom stereocenters. The molecule has 3 atom stereocenters. The lowest BCUT2D eigenvalue weighted by Gasteiger charge is -2.39. The second kappa shape index (κ2) is 15.0. The lowest BCUT2D eigenvalue weighted by atomic mass is 9.97. The first kappa shape index (κ1) is 35.8. The maximum absolute atomic E-state index is 13.7. The molecule has 0 amide bonds. The first-order valence-electron chi connectivity index (χ1n) is 14.6. The minimum atomic E-state index is -3.63. The summed E-state index contributed by atoms with van der Waals surface area (Å²) in [4.78, 5) is 20.3. The van der Waals surface area contributed by atoms with Crippen LogP contribution in [0.25, 0.3) is 17.3 Å². The van der Waals surface area contributed by atoms with Crippen LogP contribution in [0, 0.1) is 5.82 Å². The van der Waals surface area contributed by atoms with Gasteiger partial charge >= 0.3 is 5.97 Å². The SMILES string of the molecule is CC(C)c1nc(N(C)S(C)(=O)=O)nc(-c2ccc(F)cc2)c1/C=C/[C@@H]1C[C@H](CC(=O)O)OC(C)(C)O1.C[C@H](N)c1ccccc1. The molecule has 1 aromatic heterocycles. The Morgan fingerprint density at radius 3 is 2.24 bits per heavy atom. The Kier molecular flexibility index (Phi) is 12.0. The van der Waals surface area contributed by atoms with E-state index < -0.39 is 39.8 Å². The molecule has 4 rings (SSSR count). The first-order valence-corrected chi connectivity index (χ1v) is 16.5. The van der Waals surface area contributed by atoms with Crippen molar-refractivity contribution in [2.45, 2.75) is 77.4 Å². The molecule has 1 fully saturated rings. The highest BCUT2D eigenvalue weighted by Gasteiger charge is 2.35. The van der Waals surface area contributed by atoms with Crippen molar-refractivity contribution in [1.82, 2.24) is 9.97 Å². The average molecular weight is 643 g/mol. The molecule has 0 bridgehead atoms. The van der Waals surface area contributed by atoms with E-state index >= 15 is 0 Å². The third-order valence-corrected chi connectivity index (χ3v) is 8.15. The number of aromatic nitrogens is 2. The second-order valence-electron chi connectivity index (χ2n) is 11.8. The highest BCUT2D eigenvalue weighted by Crippen LogP contribution is 2.34. The lowest BCUT2D eigenvalue weighted by molar-refractivity contribution is -0.290. The number of carboxylic acids is 1. The van der Waals surface area contributed by atoms with Crippen LogP contribution in [0.15, 0.2) is 60.7 Å². The quantitative estimate of drug-likeness (QED) is 0.291. The summed E-state index contributed by atoms with van der Waals surface area (Å²) < 4.78 is 50.8. The molecule has 10 nitrogen and oxygen atoms in total. The summed E-state index contributed by atoms with van der Waals surface area (Å²) in [5.41, 5.74) is 9.05. The molecular weight excluding hydrogens is 599 g/mol. The molecule has 0 saturated carbocycles. The molecule has 2 heterocycles. The zero-order chi connectivity index (χ0) is 33.5. The molecule has 12 heteroatoms. The zero-order valence-electron chi connectivity index (χ0n) is 26.8. The highest BCUT2D eigenvalue weighted by molar-refractivity contribution is 7.92. The summed E-state index contributed by atoms with van der Waals surface area (Å²) in [7, 11) is -2.25. The van der Waals surface area contributed by atoms with Crippen LogP contribution in [-0.4, -0.2) is 60.8 Å². The van der Waals surface area contributed by atoms with Crippen molar-refractivity contribution in [3.63, 3.8) is 0 Å². The van der Waals surface area contributed by atoms with E-state index in [1.54, 1.807) is 38.1 Å². The van der Waals surface area contributed by atoms with Gasteiger partial charge in [0.1, 0.15) is 5.82 Å². The van der Waals surface area contributed by atoms with Crippen molar-refractivity contribution >= 4 is 28.0 Å². The number of rotatable bonds is 9. The van der Waals surface area contributed by atoms with Gasteiger partial charge in [-0.3, -0.25) is 4.79 Å². The Morgan fingerprint density at radius 2 is 1.73 bits per heavy atom. The molecule has 2 aromatic carbocycles. The summed E-state index contributed by atoms with van der Waals surface area (Å²) >= 11 is 0. The minimum Gasteiger partial charge on any atom is -0.481 e. The molecule has 0 aliphatic carbocycles. The number of aliphatic carboxylic acids is 1. The molecular formula is C33H43FN4O6S. The lowest BCUT2D eigenvalue weighted by Crippen LogP contribution is -2.44. The Hall–Kier alpha value is -3.71. The number of benzene rings is 2. The number of nitrogens with two attached hydrogens (primary N) is 1. The summed E-state index contributed by atoms with van der Waals surface area (Å²) in [6, 6.07) is 16.0. The molecule has 1 aliphatic heterocycles. The maximum atomic E-state index is 13.7. The van der Waals surface area contributed by atoms with E-state index in [1.807, 2.05) is 51.1 Å². The van der Waals surface area contributed by atoms with Crippen LogP contribution in [0.2, 0.25) is 0 Å². The van der Waals surface area contributed by atoms with Gasteiger partial charge in [0.15, 0.2) is 5.79 Å². The molecule has 1 saturated heterocycles. The molecule has 244 valence electrons. The van der Waals surface area contributed by atoms with E-state index in [0.717, 1.165) is 10.6 Å². The van der Waals surface area contributed by atoms with Gasteiger partial charge in [-0.1, -0.05) is 56.3 Å². The predicted octanol–water partition coefficient (Wildman–Crippen LogP) is 5.91. The summed E-state index contributed by atoms with van der Waals surface area (Å²) in [6.07, 6.45) is 3.88. The predicted molar refractivity (Wildman–Crippen MR) is 174 cm³/mol. The van der Waals surface area contributed by atoms with E-state index in [4.69, 9.17) is 15.2 Å². The fraction of sp³-hybridized carbons (Fsp3) is 0.424. The van der Waals surface area contributed by atoms with Crippen LogP contribution in [0.5, 0.6) is 0 Å². The number of hydrogen-bond donors (Lipinski definition) is 2. The van der Waals surface area contributed by atoms with Crippen LogP contribution < -0.4 is 10.0 Å². The third-order valence-electron chi connectivity index (χ3n) is 6.99. The van der Waals surface area contributed by atoms with Gasteiger partial charge in [-0.2, -0.15) is 0 Å². The monoisotopic (exact) mass is 642 g/mol. The molecule has 1 aliphatic rings. The van der Waals surface area contributed by atoms with E-state index in [2.05, 4.69) is 9.97 Å². The Morgan fingerprint density at radius 1 is 1.11 bits per heavy atom. The first-order chi connectivity index (χ1) is 21.0. The van der Waals surface area contributed by atoms with Crippen LogP contribution in [0.4, 0.5) is 10.3 Å². The smallest absolute Gasteiger partial charge is 0.305 e. The van der Waals surface area contributed by atoms with Crippen LogP contribution in [0.1, 0.15) is 76.2 Å². The number of sulfonamides is 1. The number of anilines is 1. The second-order valence-corrected chi connectivity index (χ2v) is 13.8. The molecule has 3 aromatic rings. The van der Waals surface area contributed by atoms with E-state index in [0.29, 0.717) is 28.9 Å². The van der Waals surface area contributed by atoms with Gasteiger partial charge in [-0.25, -0.2) is 27.1 Å². The number of carbonyl (C=O) groups is 1. The van der Waals surface area contributed by atoms with Gasteiger partial charge < -0.3 is 20.3 Å². The van der Waals surface area contributed by atoms with Gasteiger partial charge in [0.05, 0.1) is 36.3 Å². The number of ether oxygens (including phenoxy) is 2. The highest BCUT2D eigenvalue weighted by atomic mass is 32.2. The van der Waals surface area contributed by atoms with E-state index in [1.165, 1.54) is 24.7 Å². The summed E-state index contributed by atoms with van der Waals surface area (Å²) in [6.45, 7) is 9.29. The van der Waals surface area contributed by atoms with Gasteiger partial charge in [-0.15, -0.1) is 0 Å². The van der Waals surface area contributed by atoms with E-state index in [9.17, 15) is 22.7 Å². The van der Waals surface area contributed by atoms with Crippen molar-refractivity contribution in [3.8, 4) is 11.3 Å². The van der Waals surface area contributed by atoms with Gasteiger partial charge in [-0.05, 0) is 56.5 Å².